The molecule has 2 rings (SSSR count). The smallest absolute Gasteiger partial charge is 0.118 e. The molecule has 0 aromatic heterocycles. The fourth-order valence-electron chi connectivity index (χ4n) is 2.66. The first-order valence-electron chi connectivity index (χ1n) is 7.37. The monoisotopic (exact) mass is 284 g/mol. The summed E-state index contributed by atoms with van der Waals surface area (Å²) >= 11 is 0. The summed E-state index contributed by atoms with van der Waals surface area (Å²) in [6, 6.07) is 16.9. The van der Waals surface area contributed by atoms with Crippen LogP contribution in [-0.4, -0.2) is 20.2 Å². The third-order valence-electron chi connectivity index (χ3n) is 3.77. The number of nitrogens with two attached hydrogens (primary N) is 1. The van der Waals surface area contributed by atoms with Crippen LogP contribution in [0.3, 0.4) is 0 Å². The van der Waals surface area contributed by atoms with Gasteiger partial charge in [-0.05, 0) is 49.2 Å². The lowest BCUT2D eigenvalue weighted by Gasteiger charge is -2.32. The van der Waals surface area contributed by atoms with Crippen LogP contribution < -0.4 is 15.4 Å². The highest BCUT2D eigenvalue weighted by Gasteiger charge is 2.18. The predicted molar refractivity (Wildman–Crippen MR) is 89.0 cm³/mol. The van der Waals surface area contributed by atoms with Crippen molar-refractivity contribution in [3.05, 3.63) is 59.7 Å². The molecular weight excluding hydrogens is 260 g/mol. The van der Waals surface area contributed by atoms with E-state index in [9.17, 15) is 0 Å². The first-order chi connectivity index (χ1) is 10.2. The van der Waals surface area contributed by atoms with Crippen molar-refractivity contribution >= 4 is 5.69 Å². The number of aryl methyl sites for hydroxylation is 1. The summed E-state index contributed by atoms with van der Waals surface area (Å²) in [7, 11) is 1.68. The van der Waals surface area contributed by atoms with Crippen LogP contribution in [0.15, 0.2) is 48.5 Å². The van der Waals surface area contributed by atoms with Gasteiger partial charge in [0.15, 0.2) is 0 Å². The summed E-state index contributed by atoms with van der Waals surface area (Å²) in [5.41, 5.74) is 9.74. The highest BCUT2D eigenvalue weighted by atomic mass is 16.5. The number of hydrogen-bond acceptors (Lipinski definition) is 3. The van der Waals surface area contributed by atoms with Gasteiger partial charge in [-0.25, -0.2) is 0 Å². The maximum Gasteiger partial charge on any atom is 0.118 e. The van der Waals surface area contributed by atoms with E-state index in [0.717, 1.165) is 12.3 Å². The minimum absolute atomic E-state index is 0.169. The molecule has 112 valence electrons. The molecule has 0 fully saturated rings. The second-order valence-electron chi connectivity index (χ2n) is 5.15. The molecule has 3 heteroatoms. The van der Waals surface area contributed by atoms with Crippen molar-refractivity contribution in [3.8, 4) is 5.75 Å². The molecule has 1 atom stereocenters. The fraction of sp³-hybridized carbons (Fsp3) is 0.333. The number of anilines is 1. The summed E-state index contributed by atoms with van der Waals surface area (Å²) < 4.78 is 5.22. The van der Waals surface area contributed by atoms with Gasteiger partial charge in [0.05, 0.1) is 13.2 Å². The molecule has 2 N–H and O–H groups in total. The topological polar surface area (TPSA) is 38.5 Å². The number of ether oxygens (including phenoxy) is 1. The van der Waals surface area contributed by atoms with Gasteiger partial charge in [0.1, 0.15) is 5.75 Å². The quantitative estimate of drug-likeness (QED) is 0.882. The van der Waals surface area contributed by atoms with Crippen molar-refractivity contribution in [2.24, 2.45) is 5.73 Å². The third-order valence-corrected chi connectivity index (χ3v) is 3.77. The summed E-state index contributed by atoms with van der Waals surface area (Å²) in [5.74, 6) is 0.869. The Morgan fingerprint density at radius 3 is 2.38 bits per heavy atom. The molecule has 2 aromatic carbocycles. The first kappa shape index (κ1) is 15.4. The molecule has 1 unspecified atom stereocenters. The molecule has 21 heavy (non-hydrogen) atoms. The molecule has 0 saturated heterocycles. The first-order valence-corrected chi connectivity index (χ1v) is 7.37. The molecule has 0 bridgehead atoms. The number of nitrogens with zero attached hydrogens (tertiary/aromatic N) is 1. The number of methoxy groups -OCH3 is 1. The molecule has 2 aromatic rings. The Labute approximate surface area is 127 Å². The molecule has 0 aliphatic heterocycles. The maximum absolute atomic E-state index is 6.05. The molecule has 0 heterocycles. The fourth-order valence-corrected chi connectivity index (χ4v) is 2.66. The molecule has 0 aliphatic carbocycles. The van der Waals surface area contributed by atoms with Crippen molar-refractivity contribution in [1.82, 2.24) is 0 Å². The summed E-state index contributed by atoms with van der Waals surface area (Å²) in [6.07, 6.45) is 0. The minimum Gasteiger partial charge on any atom is -0.497 e. The molecule has 0 aliphatic rings. The SMILES string of the molecule is CCN(c1cccc(C)c1)C(CN)c1ccc(OC)cc1. The standard InChI is InChI=1S/C18H24N2O/c1-4-20(16-7-5-6-14(2)12-16)18(13-19)15-8-10-17(21-3)11-9-15/h5-12,18H,4,13,19H2,1-3H3. The zero-order valence-electron chi connectivity index (χ0n) is 13.0. The van der Waals surface area contributed by atoms with E-state index in [1.54, 1.807) is 7.11 Å². The van der Waals surface area contributed by atoms with E-state index in [0.29, 0.717) is 6.54 Å². The van der Waals surface area contributed by atoms with Crippen molar-refractivity contribution in [2.75, 3.05) is 25.1 Å². The van der Waals surface area contributed by atoms with Gasteiger partial charge in [-0.2, -0.15) is 0 Å². The van der Waals surface area contributed by atoms with Gasteiger partial charge in [-0.15, -0.1) is 0 Å². The van der Waals surface area contributed by atoms with Crippen LogP contribution >= 0.6 is 0 Å². The Hall–Kier alpha value is -2.00. The van der Waals surface area contributed by atoms with Crippen molar-refractivity contribution in [3.63, 3.8) is 0 Å². The normalized spacial score (nSPS) is 12.0. The van der Waals surface area contributed by atoms with Gasteiger partial charge in [0, 0.05) is 18.8 Å². The van der Waals surface area contributed by atoms with E-state index in [-0.39, 0.29) is 6.04 Å². The predicted octanol–water partition coefficient (Wildman–Crippen LogP) is 3.53. The maximum atomic E-state index is 6.05. The largest absolute Gasteiger partial charge is 0.497 e. The zero-order chi connectivity index (χ0) is 15.2. The highest BCUT2D eigenvalue weighted by molar-refractivity contribution is 5.51. The van der Waals surface area contributed by atoms with Gasteiger partial charge in [0.25, 0.3) is 0 Å². The molecule has 0 spiro atoms. The van der Waals surface area contributed by atoms with E-state index in [1.165, 1.54) is 16.8 Å². The van der Waals surface area contributed by atoms with Crippen molar-refractivity contribution < 1.29 is 4.74 Å². The third kappa shape index (κ3) is 3.56. The Morgan fingerprint density at radius 1 is 1.14 bits per heavy atom. The highest BCUT2D eigenvalue weighted by Crippen LogP contribution is 2.28. The average Bonchev–Trinajstić information content (AvgIpc) is 2.52. The average molecular weight is 284 g/mol. The number of hydrogen-bond donors (Lipinski definition) is 1. The van der Waals surface area contributed by atoms with E-state index in [4.69, 9.17) is 10.5 Å². The number of benzene rings is 2. The van der Waals surface area contributed by atoms with Gasteiger partial charge in [-0.1, -0.05) is 24.3 Å². The zero-order valence-corrected chi connectivity index (χ0v) is 13.0. The molecule has 0 saturated carbocycles. The Balaban J connectivity index is 2.32. The minimum atomic E-state index is 0.169. The van der Waals surface area contributed by atoms with E-state index in [2.05, 4.69) is 55.1 Å². The lowest BCUT2D eigenvalue weighted by molar-refractivity contribution is 0.414. The van der Waals surface area contributed by atoms with Crippen LogP contribution in [0.25, 0.3) is 0 Å². The van der Waals surface area contributed by atoms with Crippen molar-refractivity contribution in [1.29, 1.82) is 0 Å². The Kier molecular flexibility index (Phi) is 5.23. The molecular formula is C18H24N2O. The van der Waals surface area contributed by atoms with E-state index >= 15 is 0 Å². The van der Waals surface area contributed by atoms with Crippen LogP contribution in [-0.2, 0) is 0 Å². The molecule has 0 amide bonds. The second-order valence-corrected chi connectivity index (χ2v) is 5.15. The summed E-state index contributed by atoms with van der Waals surface area (Å²) in [6.45, 7) is 5.77. The van der Waals surface area contributed by atoms with Crippen molar-refractivity contribution in [2.45, 2.75) is 19.9 Å². The van der Waals surface area contributed by atoms with Gasteiger partial charge in [0.2, 0.25) is 0 Å². The van der Waals surface area contributed by atoms with Gasteiger partial charge in [-0.3, -0.25) is 0 Å². The van der Waals surface area contributed by atoms with Gasteiger partial charge >= 0.3 is 0 Å². The van der Waals surface area contributed by atoms with Gasteiger partial charge < -0.3 is 15.4 Å². The summed E-state index contributed by atoms with van der Waals surface area (Å²) in [4.78, 5) is 2.34. The van der Waals surface area contributed by atoms with Crippen LogP contribution in [0.1, 0.15) is 24.1 Å². The lowest BCUT2D eigenvalue weighted by atomic mass is 10.0. The van der Waals surface area contributed by atoms with Crippen LogP contribution in [0.2, 0.25) is 0 Å². The van der Waals surface area contributed by atoms with E-state index in [1.807, 2.05) is 12.1 Å². The Bertz CT molecular complexity index is 566. The second kappa shape index (κ2) is 7.14. The Morgan fingerprint density at radius 2 is 1.86 bits per heavy atom. The van der Waals surface area contributed by atoms with E-state index < -0.39 is 0 Å². The molecule has 3 nitrogen and oxygen atoms in total. The lowest BCUT2D eigenvalue weighted by Crippen LogP contribution is -2.33. The summed E-state index contributed by atoms with van der Waals surface area (Å²) in [5, 5.41) is 0. The van der Waals surface area contributed by atoms with Crippen LogP contribution in [0.5, 0.6) is 5.75 Å². The number of rotatable bonds is 6. The van der Waals surface area contributed by atoms with Crippen LogP contribution in [0, 0.1) is 6.92 Å². The number of likely N-dealkylation sites (N-methyl/N-ethyl adjacent to an activating group) is 1. The molecule has 0 radical (unpaired) electrons. The van der Waals surface area contributed by atoms with Crippen LogP contribution in [0.4, 0.5) is 5.69 Å².